The van der Waals surface area contributed by atoms with Crippen LogP contribution in [0.3, 0.4) is 0 Å². The van der Waals surface area contributed by atoms with Crippen molar-refractivity contribution >= 4 is 35.2 Å². The van der Waals surface area contributed by atoms with Gasteiger partial charge in [-0.05, 0) is 30.7 Å². The number of anilines is 2. The molecule has 13 heteroatoms. The number of benzene rings is 1. The lowest BCUT2D eigenvalue weighted by atomic mass is 9.87. The highest BCUT2D eigenvalue weighted by Gasteiger charge is 2.27. The Balaban J connectivity index is 0.00000316. The van der Waals surface area contributed by atoms with Gasteiger partial charge in [-0.1, -0.05) is 12.1 Å². The molecule has 1 aromatic carbocycles. The Kier molecular flexibility index (Phi) is 7.52. The molecule has 0 amide bonds. The number of nitrogens with one attached hydrogen (secondary N) is 1. The predicted octanol–water partition coefficient (Wildman–Crippen LogP) is 3.37. The fraction of sp³-hybridized carbons (Fsp3) is 0.345. The molecule has 1 unspecified atom stereocenters. The standard InChI is InChI=1S/C29H31FN10O.ClH/c1-29(31,21-2-4-23(30)5-3-21)22-12-32-28(33-13-22)39-8-6-38(7-9-39)27-24-10-25(37-26(24)34-18-35-27)20-11-36-40(15-20)14-19-16-41-17-19;/h2-5,10-13,15,18-19H,6-9,14,16-17,31H2,1H3,(H,34,35,37);1H. The lowest BCUT2D eigenvalue weighted by Crippen LogP contribution is -2.47. The van der Waals surface area contributed by atoms with Crippen LogP contribution in [0.4, 0.5) is 16.2 Å². The lowest BCUT2D eigenvalue weighted by molar-refractivity contribution is -0.0408. The topological polar surface area (TPSA) is 127 Å². The molecule has 0 radical (unpaired) electrons. The van der Waals surface area contributed by atoms with Gasteiger partial charge in [0.2, 0.25) is 5.95 Å². The number of H-pyrrole nitrogens is 1. The zero-order valence-corrected chi connectivity index (χ0v) is 24.0. The molecule has 218 valence electrons. The summed E-state index contributed by atoms with van der Waals surface area (Å²) in [6.07, 6.45) is 9.07. The van der Waals surface area contributed by atoms with Crippen molar-refractivity contribution in [1.29, 1.82) is 0 Å². The molecule has 4 aromatic heterocycles. The average molecular weight is 591 g/mol. The van der Waals surface area contributed by atoms with Crippen molar-refractivity contribution in [2.24, 2.45) is 11.7 Å². The maximum absolute atomic E-state index is 13.4. The summed E-state index contributed by atoms with van der Waals surface area (Å²) in [5.74, 6) is 1.81. The molecule has 11 nitrogen and oxygen atoms in total. The Bertz CT molecular complexity index is 1660. The van der Waals surface area contributed by atoms with Gasteiger partial charge in [0.1, 0.15) is 23.6 Å². The van der Waals surface area contributed by atoms with Gasteiger partial charge in [-0.25, -0.2) is 24.3 Å². The molecule has 2 aliphatic heterocycles. The molecule has 2 fully saturated rings. The average Bonchev–Trinajstić information content (AvgIpc) is 3.63. The third-order valence-corrected chi connectivity index (χ3v) is 8.05. The van der Waals surface area contributed by atoms with Crippen LogP contribution in [-0.4, -0.2) is 74.1 Å². The van der Waals surface area contributed by atoms with Crippen molar-refractivity contribution in [2.45, 2.75) is 19.0 Å². The quantitative estimate of drug-likeness (QED) is 0.293. The summed E-state index contributed by atoms with van der Waals surface area (Å²) in [7, 11) is 0. The van der Waals surface area contributed by atoms with Gasteiger partial charge in [0.25, 0.3) is 0 Å². The summed E-state index contributed by atoms with van der Waals surface area (Å²) in [6, 6.07) is 8.32. The molecule has 1 atom stereocenters. The van der Waals surface area contributed by atoms with Gasteiger partial charge in [0.15, 0.2) is 0 Å². The smallest absolute Gasteiger partial charge is 0.225 e. The number of fused-ring (bicyclic) bond motifs is 1. The highest BCUT2D eigenvalue weighted by molar-refractivity contribution is 5.91. The fourth-order valence-corrected chi connectivity index (χ4v) is 5.42. The van der Waals surface area contributed by atoms with Crippen LogP contribution >= 0.6 is 12.4 Å². The summed E-state index contributed by atoms with van der Waals surface area (Å²) >= 11 is 0. The van der Waals surface area contributed by atoms with Crippen LogP contribution in [0.15, 0.2) is 61.4 Å². The van der Waals surface area contributed by atoms with E-state index in [0.29, 0.717) is 11.9 Å². The Morgan fingerprint density at radius 3 is 2.38 bits per heavy atom. The minimum absolute atomic E-state index is 0. The van der Waals surface area contributed by atoms with Crippen molar-refractivity contribution in [2.75, 3.05) is 49.2 Å². The summed E-state index contributed by atoms with van der Waals surface area (Å²) in [5.41, 5.74) is 10.1. The molecule has 2 saturated heterocycles. The highest BCUT2D eigenvalue weighted by Crippen LogP contribution is 2.30. The summed E-state index contributed by atoms with van der Waals surface area (Å²) in [5, 5.41) is 5.51. The van der Waals surface area contributed by atoms with E-state index in [1.54, 1.807) is 30.9 Å². The van der Waals surface area contributed by atoms with Crippen LogP contribution in [0.5, 0.6) is 0 Å². The number of piperazine rings is 1. The van der Waals surface area contributed by atoms with E-state index in [9.17, 15) is 4.39 Å². The van der Waals surface area contributed by atoms with Crippen LogP contribution in [0.25, 0.3) is 22.3 Å². The van der Waals surface area contributed by atoms with Crippen LogP contribution in [0.1, 0.15) is 18.1 Å². The second kappa shape index (κ2) is 11.3. The molecule has 7 rings (SSSR count). The number of hydrogen-bond donors (Lipinski definition) is 2. The molecule has 0 spiro atoms. The maximum Gasteiger partial charge on any atom is 0.225 e. The van der Waals surface area contributed by atoms with Crippen LogP contribution < -0.4 is 15.5 Å². The molecule has 2 aliphatic rings. The third kappa shape index (κ3) is 5.28. The molecule has 5 aromatic rings. The first kappa shape index (κ1) is 28.0. The molecule has 0 bridgehead atoms. The van der Waals surface area contributed by atoms with Crippen molar-refractivity contribution in [1.82, 2.24) is 34.7 Å². The lowest BCUT2D eigenvalue weighted by Gasteiger charge is -2.35. The minimum atomic E-state index is -0.830. The Morgan fingerprint density at radius 1 is 0.976 bits per heavy atom. The first-order chi connectivity index (χ1) is 19.9. The number of hydrogen-bond acceptors (Lipinski definition) is 9. The number of halogens is 2. The number of rotatable bonds is 7. The van der Waals surface area contributed by atoms with Crippen molar-refractivity contribution in [3.8, 4) is 11.3 Å². The molecule has 6 heterocycles. The van der Waals surface area contributed by atoms with Gasteiger partial charge >= 0.3 is 0 Å². The van der Waals surface area contributed by atoms with Gasteiger partial charge in [-0.3, -0.25) is 4.68 Å². The van der Waals surface area contributed by atoms with Crippen molar-refractivity contribution < 1.29 is 9.13 Å². The van der Waals surface area contributed by atoms with E-state index in [-0.39, 0.29) is 18.2 Å². The second-order valence-corrected chi connectivity index (χ2v) is 11.0. The van der Waals surface area contributed by atoms with Gasteiger partial charge in [0.05, 0.1) is 36.0 Å². The van der Waals surface area contributed by atoms with Crippen LogP contribution in [-0.2, 0) is 16.8 Å². The van der Waals surface area contributed by atoms with Gasteiger partial charge in [-0.2, -0.15) is 5.10 Å². The Morgan fingerprint density at radius 2 is 1.69 bits per heavy atom. The second-order valence-electron chi connectivity index (χ2n) is 11.0. The zero-order chi connectivity index (χ0) is 28.0. The van der Waals surface area contributed by atoms with E-state index in [2.05, 4.69) is 52.1 Å². The number of ether oxygens (including phenoxy) is 1. The molecule has 0 saturated carbocycles. The molecule has 0 aliphatic carbocycles. The molecule has 42 heavy (non-hydrogen) atoms. The minimum Gasteiger partial charge on any atom is -0.381 e. The maximum atomic E-state index is 13.4. The summed E-state index contributed by atoms with van der Waals surface area (Å²) < 4.78 is 20.6. The monoisotopic (exact) mass is 590 g/mol. The molecule has 3 N–H and O–H groups in total. The number of aromatic amines is 1. The normalized spacial score (nSPS) is 17.1. The first-order valence-electron chi connectivity index (χ1n) is 13.8. The number of nitrogens with zero attached hydrogens (tertiary/aromatic N) is 8. The van der Waals surface area contributed by atoms with E-state index in [1.807, 2.05) is 17.8 Å². The predicted molar refractivity (Wildman–Crippen MR) is 160 cm³/mol. The summed E-state index contributed by atoms with van der Waals surface area (Å²) in [4.78, 5) is 26.2. The van der Waals surface area contributed by atoms with E-state index < -0.39 is 5.54 Å². The molecular weight excluding hydrogens is 559 g/mol. The number of aromatic nitrogens is 7. The van der Waals surface area contributed by atoms with Gasteiger partial charge in [0, 0.05) is 68.4 Å². The van der Waals surface area contributed by atoms with E-state index in [0.717, 1.165) is 85.2 Å². The Labute approximate surface area is 248 Å². The Hall–Kier alpha value is -4.13. The molecular formula is C29H32ClFN10O. The van der Waals surface area contributed by atoms with Gasteiger partial charge in [-0.15, -0.1) is 12.4 Å². The van der Waals surface area contributed by atoms with E-state index in [1.165, 1.54) is 12.1 Å². The SMILES string of the molecule is CC(N)(c1ccc(F)cc1)c1cnc(N2CCN(c3ncnc4[nH]c(-c5cnn(CC6COC6)c5)cc34)CC2)nc1.Cl. The van der Waals surface area contributed by atoms with Crippen LogP contribution in [0.2, 0.25) is 0 Å². The third-order valence-electron chi connectivity index (χ3n) is 8.05. The van der Waals surface area contributed by atoms with Gasteiger partial charge < -0.3 is 25.3 Å². The van der Waals surface area contributed by atoms with Crippen molar-refractivity contribution in [3.05, 3.63) is 78.4 Å². The fourth-order valence-electron chi connectivity index (χ4n) is 5.42. The van der Waals surface area contributed by atoms with E-state index in [4.69, 9.17) is 10.5 Å². The first-order valence-corrected chi connectivity index (χ1v) is 13.8. The highest BCUT2D eigenvalue weighted by atomic mass is 35.5. The van der Waals surface area contributed by atoms with Crippen molar-refractivity contribution in [3.63, 3.8) is 0 Å². The largest absolute Gasteiger partial charge is 0.381 e. The zero-order valence-electron chi connectivity index (χ0n) is 23.2. The van der Waals surface area contributed by atoms with E-state index >= 15 is 0 Å². The van der Waals surface area contributed by atoms with Crippen LogP contribution in [0, 0.1) is 11.7 Å². The number of nitrogens with two attached hydrogens (primary N) is 1. The summed E-state index contributed by atoms with van der Waals surface area (Å²) in [6.45, 7) is 7.37.